The summed E-state index contributed by atoms with van der Waals surface area (Å²) < 4.78 is 2.59. The molecule has 0 fully saturated rings. The Balaban J connectivity index is 1.26. The summed E-state index contributed by atoms with van der Waals surface area (Å²) in [5, 5.41) is 2.56. The van der Waals surface area contributed by atoms with E-state index >= 15 is 0 Å². The van der Waals surface area contributed by atoms with Gasteiger partial charge in [-0.3, -0.25) is 0 Å². The second-order valence-electron chi connectivity index (χ2n) is 14.8. The van der Waals surface area contributed by atoms with Crippen molar-refractivity contribution in [2.45, 2.75) is 5.41 Å². The number of hydrogen-bond donors (Lipinski definition) is 0. The average Bonchev–Trinajstić information content (AvgIpc) is 3.81. The van der Waals surface area contributed by atoms with E-state index in [2.05, 4.69) is 229 Å². The highest BCUT2D eigenvalue weighted by Gasteiger charge is 2.46. The van der Waals surface area contributed by atoms with Crippen LogP contribution in [0.3, 0.4) is 0 Å². The number of hydrogen-bond acceptors (Lipinski definition) is 2. The third kappa shape index (κ3) is 5.29. The minimum atomic E-state index is -0.523. The maximum atomic E-state index is 2.53. The summed E-state index contributed by atoms with van der Waals surface area (Å²) in [7, 11) is 0. The highest BCUT2D eigenvalue weighted by Crippen LogP contribution is 2.58. The van der Waals surface area contributed by atoms with E-state index in [4.69, 9.17) is 0 Å². The predicted molar refractivity (Wildman–Crippen MR) is 242 cm³/mol. The van der Waals surface area contributed by atoms with E-state index in [0.29, 0.717) is 0 Å². The van der Waals surface area contributed by atoms with Gasteiger partial charge in [-0.2, -0.15) is 0 Å². The predicted octanol–water partition coefficient (Wildman–Crippen LogP) is 15.2. The van der Waals surface area contributed by atoms with Crippen LogP contribution in [-0.4, -0.2) is 0 Å². The molecule has 0 atom stereocenters. The fourth-order valence-corrected chi connectivity index (χ4v) is 10.4. The summed E-state index contributed by atoms with van der Waals surface area (Å²) in [6, 6.07) is 82.7. The van der Waals surface area contributed by atoms with Crippen LogP contribution in [0.15, 0.2) is 224 Å². The van der Waals surface area contributed by atoms with Crippen LogP contribution in [0.1, 0.15) is 22.3 Å². The second kappa shape index (κ2) is 13.6. The summed E-state index contributed by atoms with van der Waals surface area (Å²) in [4.78, 5) is 2.53. The molecule has 0 radical (unpaired) electrons. The lowest BCUT2D eigenvalue weighted by atomic mass is 9.67. The van der Waals surface area contributed by atoms with Gasteiger partial charge in [0.15, 0.2) is 0 Å². The molecular formula is C55H37NS. The number of para-hydroxylation sites is 1. The van der Waals surface area contributed by atoms with Crippen LogP contribution in [0.25, 0.3) is 53.6 Å². The second-order valence-corrected chi connectivity index (χ2v) is 15.9. The third-order valence-electron chi connectivity index (χ3n) is 11.7. The van der Waals surface area contributed by atoms with Crippen LogP contribution in [-0.2, 0) is 5.41 Å². The van der Waals surface area contributed by atoms with Gasteiger partial charge < -0.3 is 4.90 Å². The topological polar surface area (TPSA) is 3.24 Å². The van der Waals surface area contributed by atoms with E-state index in [0.717, 1.165) is 17.1 Å². The molecule has 10 aromatic rings. The average molecular weight is 744 g/mol. The van der Waals surface area contributed by atoms with E-state index in [1.807, 2.05) is 11.3 Å². The molecule has 0 spiro atoms. The van der Waals surface area contributed by atoms with Crippen molar-refractivity contribution < 1.29 is 0 Å². The largest absolute Gasteiger partial charge is 0.309 e. The Morgan fingerprint density at radius 1 is 0.333 bits per heavy atom. The van der Waals surface area contributed by atoms with Gasteiger partial charge in [0.1, 0.15) is 0 Å². The zero-order valence-electron chi connectivity index (χ0n) is 31.2. The molecule has 1 aliphatic rings. The van der Waals surface area contributed by atoms with Gasteiger partial charge in [0.25, 0.3) is 0 Å². The van der Waals surface area contributed by atoms with Crippen molar-refractivity contribution in [2.24, 2.45) is 0 Å². The Morgan fingerprint density at radius 2 is 0.825 bits per heavy atom. The highest BCUT2D eigenvalue weighted by atomic mass is 32.1. The molecular weight excluding hydrogens is 707 g/mol. The fourth-order valence-electron chi connectivity index (χ4n) is 9.32. The quantitative estimate of drug-likeness (QED) is 0.157. The van der Waals surface area contributed by atoms with Gasteiger partial charge in [-0.15, -0.1) is 11.3 Å². The SMILES string of the molecule is c1ccc(-c2cccc(-c3ccccc3)c2N(c2ccc3c(c2)C(c2ccccc2)(c2ccccc2)c2ccccc2-3)c2ccc3sc4ccccc4c3c2)cc1. The van der Waals surface area contributed by atoms with E-state index in [1.165, 1.54) is 75.8 Å². The molecule has 0 bridgehead atoms. The summed E-state index contributed by atoms with van der Waals surface area (Å²) >= 11 is 1.86. The van der Waals surface area contributed by atoms with Gasteiger partial charge >= 0.3 is 0 Å². The van der Waals surface area contributed by atoms with Gasteiger partial charge in [-0.25, -0.2) is 0 Å². The number of thiophene rings is 1. The van der Waals surface area contributed by atoms with Crippen LogP contribution in [0.4, 0.5) is 17.1 Å². The van der Waals surface area contributed by atoms with E-state index in [9.17, 15) is 0 Å². The lowest BCUT2D eigenvalue weighted by Crippen LogP contribution is -2.28. The Bertz CT molecular complexity index is 2960. The van der Waals surface area contributed by atoms with Crippen LogP contribution >= 0.6 is 11.3 Å². The molecule has 1 aliphatic carbocycles. The first-order chi connectivity index (χ1) is 28.3. The monoisotopic (exact) mass is 743 g/mol. The number of fused-ring (bicyclic) bond motifs is 6. The third-order valence-corrected chi connectivity index (χ3v) is 12.9. The van der Waals surface area contributed by atoms with Gasteiger partial charge in [0, 0.05) is 42.7 Å². The van der Waals surface area contributed by atoms with Crippen molar-refractivity contribution in [1.82, 2.24) is 0 Å². The number of nitrogens with zero attached hydrogens (tertiary/aromatic N) is 1. The zero-order valence-corrected chi connectivity index (χ0v) is 32.0. The smallest absolute Gasteiger partial charge is 0.0714 e. The van der Waals surface area contributed by atoms with Crippen molar-refractivity contribution >= 4 is 48.6 Å². The minimum Gasteiger partial charge on any atom is -0.309 e. The maximum Gasteiger partial charge on any atom is 0.0714 e. The number of benzene rings is 9. The Kier molecular flexibility index (Phi) is 7.98. The van der Waals surface area contributed by atoms with Crippen LogP contribution < -0.4 is 4.90 Å². The minimum absolute atomic E-state index is 0.523. The molecule has 57 heavy (non-hydrogen) atoms. The molecule has 0 unspecified atom stereocenters. The molecule has 0 aliphatic heterocycles. The Morgan fingerprint density at radius 3 is 1.49 bits per heavy atom. The fraction of sp³-hybridized carbons (Fsp3) is 0.0182. The molecule has 268 valence electrons. The van der Waals surface area contributed by atoms with Gasteiger partial charge in [0.2, 0.25) is 0 Å². The number of rotatable bonds is 7. The molecule has 1 heterocycles. The van der Waals surface area contributed by atoms with E-state index in [1.54, 1.807) is 0 Å². The molecule has 1 aromatic heterocycles. The Labute approximate surface area is 337 Å². The lowest BCUT2D eigenvalue weighted by molar-refractivity contribution is 0.768. The van der Waals surface area contributed by atoms with Crippen molar-refractivity contribution in [2.75, 3.05) is 4.90 Å². The molecule has 0 amide bonds. The molecule has 9 aromatic carbocycles. The van der Waals surface area contributed by atoms with Crippen molar-refractivity contribution in [3.05, 3.63) is 247 Å². The van der Waals surface area contributed by atoms with Gasteiger partial charge in [-0.1, -0.05) is 188 Å². The lowest BCUT2D eigenvalue weighted by Gasteiger charge is -2.35. The standard InChI is InChI=1S/C55H37NS/c1-5-18-38(19-6-1)44-28-17-29-45(39-20-7-2-8-21-39)54(44)56(42-33-35-53-49(36-42)48-27-14-16-31-52(48)57-53)43-32-34-47-46-26-13-15-30-50(46)55(51(47)37-43,40-22-9-3-10-23-40)41-24-11-4-12-25-41/h1-37H. The molecule has 0 N–H and O–H groups in total. The first kappa shape index (κ1) is 33.3. The molecule has 0 saturated heterocycles. The van der Waals surface area contributed by atoms with Crippen LogP contribution in [0, 0.1) is 0 Å². The normalized spacial score (nSPS) is 12.7. The zero-order chi connectivity index (χ0) is 37.8. The summed E-state index contributed by atoms with van der Waals surface area (Å²) in [6.07, 6.45) is 0. The maximum absolute atomic E-state index is 2.53. The number of anilines is 3. The van der Waals surface area contributed by atoms with Gasteiger partial charge in [-0.05, 0) is 80.9 Å². The molecule has 2 heteroatoms. The van der Waals surface area contributed by atoms with Crippen molar-refractivity contribution in [1.29, 1.82) is 0 Å². The first-order valence-corrected chi connectivity index (χ1v) is 20.4. The van der Waals surface area contributed by atoms with Crippen LogP contribution in [0.5, 0.6) is 0 Å². The van der Waals surface area contributed by atoms with Gasteiger partial charge in [0.05, 0.1) is 11.1 Å². The molecule has 11 rings (SSSR count). The summed E-state index contributed by atoms with van der Waals surface area (Å²) in [6.45, 7) is 0. The Hall–Kier alpha value is -7.00. The first-order valence-electron chi connectivity index (χ1n) is 19.6. The molecule has 0 saturated carbocycles. The van der Waals surface area contributed by atoms with Crippen molar-refractivity contribution in [3.63, 3.8) is 0 Å². The van der Waals surface area contributed by atoms with E-state index < -0.39 is 5.41 Å². The van der Waals surface area contributed by atoms with Crippen LogP contribution in [0.2, 0.25) is 0 Å². The summed E-state index contributed by atoms with van der Waals surface area (Å²) in [5.74, 6) is 0. The highest BCUT2D eigenvalue weighted by molar-refractivity contribution is 7.25. The summed E-state index contributed by atoms with van der Waals surface area (Å²) in [5.41, 5.74) is 15.2. The van der Waals surface area contributed by atoms with E-state index in [-0.39, 0.29) is 0 Å². The van der Waals surface area contributed by atoms with Crippen molar-refractivity contribution in [3.8, 4) is 33.4 Å². The molecule has 1 nitrogen and oxygen atoms in total.